The van der Waals surface area contributed by atoms with E-state index < -0.39 is 0 Å². The first kappa shape index (κ1) is 7.97. The van der Waals surface area contributed by atoms with Gasteiger partial charge in [-0.05, 0) is 12.8 Å². The van der Waals surface area contributed by atoms with Crippen molar-refractivity contribution >= 4 is 29.7 Å². The molecule has 0 spiro atoms. The summed E-state index contributed by atoms with van der Waals surface area (Å²) < 4.78 is 0. The second kappa shape index (κ2) is 4.65. The summed E-state index contributed by atoms with van der Waals surface area (Å²) in [5, 5.41) is 0.926. The Balaban J connectivity index is 2.15. The van der Waals surface area contributed by atoms with Crippen molar-refractivity contribution in [3.05, 3.63) is 0 Å². The zero-order chi connectivity index (χ0) is 6.53. The molecule has 0 nitrogen and oxygen atoms in total. The van der Waals surface area contributed by atoms with Gasteiger partial charge in [0.05, 0.1) is 16.6 Å². The molecule has 0 aromatic carbocycles. The monoisotopic (exact) mass is 179 g/mol. The van der Waals surface area contributed by atoms with Crippen molar-refractivity contribution in [3.8, 4) is 0 Å². The molecule has 0 bridgehead atoms. The molecule has 1 rings (SSSR count). The van der Waals surface area contributed by atoms with Crippen LogP contribution < -0.4 is 0 Å². The molecular weight excluding hydrogens is 167 g/mol. The minimum atomic E-state index is 0.689. The summed E-state index contributed by atoms with van der Waals surface area (Å²) in [6.07, 6.45) is 7.19. The predicted octanol–water partition coefficient (Wildman–Crippen LogP) is 3.11. The van der Waals surface area contributed by atoms with E-state index in [1.54, 1.807) is 0 Å². The van der Waals surface area contributed by atoms with Crippen LogP contribution in [0, 0.1) is 0 Å². The summed E-state index contributed by atoms with van der Waals surface area (Å²) in [7, 11) is 0. The summed E-state index contributed by atoms with van der Waals surface area (Å²) in [4.78, 5) is 0. The Bertz CT molecular complexity index is 89.1. The van der Waals surface area contributed by atoms with Crippen molar-refractivity contribution in [1.29, 1.82) is 0 Å². The molecule has 52 valence electrons. The van der Waals surface area contributed by atoms with Gasteiger partial charge in [0.25, 0.3) is 0 Å². The smallest absolute Gasteiger partial charge is 0.0532 e. The van der Waals surface area contributed by atoms with Crippen LogP contribution in [0.3, 0.4) is 0 Å². The van der Waals surface area contributed by atoms with Gasteiger partial charge in [0.1, 0.15) is 0 Å². The Labute approximate surface area is 67.4 Å². The van der Waals surface area contributed by atoms with E-state index >= 15 is 0 Å². The summed E-state index contributed by atoms with van der Waals surface area (Å²) in [5.74, 6) is 0. The van der Waals surface area contributed by atoms with Crippen molar-refractivity contribution in [2.45, 2.75) is 37.4 Å². The van der Waals surface area contributed by atoms with Gasteiger partial charge in [-0.25, -0.2) is 0 Å². The molecule has 1 fully saturated rings. The second-order valence-electron chi connectivity index (χ2n) is 2.46. The van der Waals surface area contributed by atoms with Crippen molar-refractivity contribution in [3.63, 3.8) is 0 Å². The molecule has 1 saturated carbocycles. The van der Waals surface area contributed by atoms with E-state index in [1.807, 2.05) is 11.4 Å². The number of hydrogen-bond donors (Lipinski definition) is 0. The Kier molecular flexibility index (Phi) is 4.12. The van der Waals surface area contributed by atoms with Crippen molar-refractivity contribution in [1.82, 2.24) is 0 Å². The van der Waals surface area contributed by atoms with Crippen LogP contribution in [0.25, 0.3) is 0 Å². The highest BCUT2D eigenvalue weighted by molar-refractivity contribution is 8.58. The molecule has 0 N–H and O–H groups in total. The van der Waals surface area contributed by atoms with Crippen LogP contribution in [0.5, 0.6) is 0 Å². The minimum absolute atomic E-state index is 0.689. The Morgan fingerprint density at radius 1 is 1.22 bits per heavy atom. The topological polar surface area (TPSA) is 0 Å². The zero-order valence-corrected chi connectivity index (χ0v) is 8.06. The summed E-state index contributed by atoms with van der Waals surface area (Å²) in [5.41, 5.74) is 0. The normalized spacial score (nSPS) is 22.7. The first-order valence-electron chi connectivity index (χ1n) is 3.46. The molecule has 3 heteroatoms. The molecule has 1 aliphatic carbocycles. The van der Waals surface area contributed by atoms with Crippen LogP contribution >= 0.6 is 17.9 Å². The summed E-state index contributed by atoms with van der Waals surface area (Å²) in [6, 6.07) is 0. The maximum absolute atomic E-state index is 4.92. The van der Waals surface area contributed by atoms with E-state index in [2.05, 4.69) is 0 Å². The van der Waals surface area contributed by atoms with Gasteiger partial charge in [-0.3, -0.25) is 0 Å². The van der Waals surface area contributed by atoms with Crippen LogP contribution in [0.1, 0.15) is 32.1 Å². The maximum atomic E-state index is 4.92. The largest absolute Gasteiger partial charge is 0.231 e. The third-order valence-electron chi connectivity index (χ3n) is 1.77. The van der Waals surface area contributed by atoms with Gasteiger partial charge in [0.15, 0.2) is 11.8 Å². The Morgan fingerprint density at radius 3 is 2.44 bits per heavy atom. The third-order valence-corrected chi connectivity index (χ3v) is 4.82. The number of hydrogen-bond acceptors (Lipinski definition) is 2. The molecule has 0 heterocycles. The Hall–Kier alpha value is 0.870. The molecular formula is C6H12PS2+. The molecule has 0 saturated heterocycles. The lowest BCUT2D eigenvalue weighted by Gasteiger charge is -2.14. The molecule has 0 aromatic rings. The molecule has 1 aliphatic rings. The zero-order valence-electron chi connectivity index (χ0n) is 5.43. The molecule has 0 aliphatic heterocycles. The average Bonchev–Trinajstić information content (AvgIpc) is 1.91. The van der Waals surface area contributed by atoms with E-state index in [0.717, 1.165) is 5.25 Å². The molecule has 9 heavy (non-hydrogen) atoms. The van der Waals surface area contributed by atoms with Crippen molar-refractivity contribution in [2.24, 2.45) is 0 Å². The lowest BCUT2D eigenvalue weighted by atomic mass is 10.0. The maximum Gasteiger partial charge on any atom is 0.231 e. The lowest BCUT2D eigenvalue weighted by molar-refractivity contribution is 0.517. The fraction of sp³-hybridized carbons (Fsp3) is 1.00. The SMILES string of the molecule is S=[PH+]SC1CCCCC1. The second-order valence-corrected chi connectivity index (χ2v) is 6.24. The van der Waals surface area contributed by atoms with E-state index in [-0.39, 0.29) is 0 Å². The standard InChI is InChI=1S/C6H11PS2/c8-7-9-6-4-2-1-3-5-6/h6H,1-5H2/p+1. The molecule has 0 amide bonds. The van der Waals surface area contributed by atoms with Crippen molar-refractivity contribution < 1.29 is 0 Å². The predicted molar refractivity (Wildman–Crippen MR) is 50.1 cm³/mol. The fourth-order valence-corrected chi connectivity index (χ4v) is 4.30. The van der Waals surface area contributed by atoms with Crippen LogP contribution in [-0.4, -0.2) is 5.25 Å². The molecule has 1 unspecified atom stereocenters. The van der Waals surface area contributed by atoms with Gasteiger partial charge in [0.2, 0.25) is 6.56 Å². The van der Waals surface area contributed by atoms with E-state index in [9.17, 15) is 0 Å². The average molecular weight is 179 g/mol. The third kappa shape index (κ3) is 2.97. The number of rotatable bonds is 2. The first-order valence-corrected chi connectivity index (χ1v) is 7.20. The molecule has 0 aromatic heterocycles. The van der Waals surface area contributed by atoms with Crippen molar-refractivity contribution in [2.75, 3.05) is 0 Å². The fourth-order valence-electron chi connectivity index (χ4n) is 1.25. The van der Waals surface area contributed by atoms with E-state index in [4.69, 9.17) is 11.8 Å². The lowest BCUT2D eigenvalue weighted by Crippen LogP contribution is -2.05. The van der Waals surface area contributed by atoms with Crippen LogP contribution in [0.2, 0.25) is 0 Å². The van der Waals surface area contributed by atoms with Gasteiger partial charge >= 0.3 is 0 Å². The quantitative estimate of drug-likeness (QED) is 0.597. The van der Waals surface area contributed by atoms with E-state index in [0.29, 0.717) is 6.56 Å². The Morgan fingerprint density at radius 2 is 1.89 bits per heavy atom. The highest BCUT2D eigenvalue weighted by atomic mass is 32.9. The van der Waals surface area contributed by atoms with Gasteiger partial charge in [0, 0.05) is 0 Å². The van der Waals surface area contributed by atoms with Gasteiger partial charge in [-0.2, -0.15) is 0 Å². The molecule has 1 atom stereocenters. The van der Waals surface area contributed by atoms with Gasteiger partial charge in [-0.1, -0.05) is 19.3 Å². The summed E-state index contributed by atoms with van der Waals surface area (Å²) >= 11 is 6.92. The van der Waals surface area contributed by atoms with E-state index in [1.165, 1.54) is 32.1 Å². The summed E-state index contributed by atoms with van der Waals surface area (Å²) in [6.45, 7) is 0.689. The van der Waals surface area contributed by atoms with Crippen LogP contribution in [0.4, 0.5) is 0 Å². The highest BCUT2D eigenvalue weighted by Gasteiger charge is 2.15. The molecule has 0 radical (unpaired) electrons. The highest BCUT2D eigenvalue weighted by Crippen LogP contribution is 2.34. The van der Waals surface area contributed by atoms with Crippen LogP contribution in [0.15, 0.2) is 0 Å². The van der Waals surface area contributed by atoms with Crippen LogP contribution in [-0.2, 0) is 11.8 Å². The van der Waals surface area contributed by atoms with Gasteiger partial charge < -0.3 is 0 Å². The first-order chi connectivity index (χ1) is 4.43. The minimum Gasteiger partial charge on any atom is -0.0532 e. The van der Waals surface area contributed by atoms with Gasteiger partial charge in [-0.15, -0.1) is 0 Å².